The van der Waals surface area contributed by atoms with E-state index in [-0.39, 0.29) is 47.0 Å². The molecule has 9 heteroatoms. The molecule has 220 valence electrons. The van der Waals surface area contributed by atoms with Crippen LogP contribution in [0.2, 0.25) is 18.1 Å². The molecule has 1 aliphatic heterocycles. The van der Waals surface area contributed by atoms with Crippen molar-refractivity contribution in [3.63, 3.8) is 0 Å². The highest BCUT2D eigenvalue weighted by Gasteiger charge is 2.45. The van der Waals surface area contributed by atoms with Gasteiger partial charge in [0.15, 0.2) is 41.0 Å². The van der Waals surface area contributed by atoms with Crippen LogP contribution < -0.4 is 28.9 Å². The molecule has 0 saturated heterocycles. The zero-order valence-electron chi connectivity index (χ0n) is 25.0. The highest BCUT2D eigenvalue weighted by Crippen LogP contribution is 2.51. The SMILES string of the molecule is COc1cc([C@@H]2Oc3c([Si](C)(C)C(C)(C)C)cc(C(C)=O)c(OCc4ccccc4)c3O[C@H]2CO)cc(OC)c1O. The van der Waals surface area contributed by atoms with E-state index in [1.54, 1.807) is 12.1 Å². The third kappa shape index (κ3) is 5.74. The van der Waals surface area contributed by atoms with Crippen LogP contribution >= 0.6 is 0 Å². The smallest absolute Gasteiger partial charge is 0.204 e. The van der Waals surface area contributed by atoms with Crippen LogP contribution in [0.3, 0.4) is 0 Å². The molecule has 0 unspecified atom stereocenters. The van der Waals surface area contributed by atoms with Crippen LogP contribution in [0.1, 0.15) is 55.3 Å². The summed E-state index contributed by atoms with van der Waals surface area (Å²) in [4.78, 5) is 13.0. The predicted octanol–water partition coefficient (Wildman–Crippen LogP) is 5.78. The number of ketones is 1. The van der Waals surface area contributed by atoms with Gasteiger partial charge in [-0.3, -0.25) is 4.79 Å². The van der Waals surface area contributed by atoms with Gasteiger partial charge in [-0.15, -0.1) is 0 Å². The number of fused-ring (bicyclic) bond motifs is 1. The van der Waals surface area contributed by atoms with Crippen molar-refractivity contribution in [3.05, 3.63) is 65.2 Å². The maximum Gasteiger partial charge on any atom is 0.204 e. The quantitative estimate of drug-likeness (QED) is 0.243. The maximum absolute atomic E-state index is 13.0. The van der Waals surface area contributed by atoms with Gasteiger partial charge in [-0.05, 0) is 40.9 Å². The minimum absolute atomic E-state index is 0.0983. The lowest BCUT2D eigenvalue weighted by Gasteiger charge is -2.42. The van der Waals surface area contributed by atoms with Crippen LogP contribution in [0.15, 0.2) is 48.5 Å². The Balaban J connectivity index is 1.95. The molecule has 0 radical (unpaired) electrons. The van der Waals surface area contributed by atoms with Gasteiger partial charge in [-0.1, -0.05) is 64.2 Å². The summed E-state index contributed by atoms with van der Waals surface area (Å²) in [6, 6.07) is 14.8. The Morgan fingerprint density at radius 2 is 1.59 bits per heavy atom. The van der Waals surface area contributed by atoms with Crippen molar-refractivity contribution in [3.8, 4) is 34.5 Å². The molecule has 2 N–H and O–H groups in total. The van der Waals surface area contributed by atoms with E-state index in [0.29, 0.717) is 22.6 Å². The summed E-state index contributed by atoms with van der Waals surface area (Å²) in [5.74, 6) is 1.20. The molecule has 0 bridgehead atoms. The molecule has 4 rings (SSSR count). The van der Waals surface area contributed by atoms with Gasteiger partial charge < -0.3 is 33.9 Å². The average molecular weight is 581 g/mol. The van der Waals surface area contributed by atoms with Crippen LogP contribution in [0.25, 0.3) is 0 Å². The van der Waals surface area contributed by atoms with E-state index in [9.17, 15) is 15.0 Å². The van der Waals surface area contributed by atoms with Gasteiger partial charge in [0.25, 0.3) is 0 Å². The normalized spacial score (nSPS) is 16.7. The maximum atomic E-state index is 13.0. The van der Waals surface area contributed by atoms with E-state index >= 15 is 0 Å². The van der Waals surface area contributed by atoms with Crippen LogP contribution in [0, 0.1) is 0 Å². The number of Topliss-reactive ketones (excluding diaryl/α,β-unsaturated/α-hetero) is 1. The number of hydrogen-bond donors (Lipinski definition) is 2. The number of aliphatic hydroxyl groups is 1. The first-order chi connectivity index (χ1) is 19.3. The number of ether oxygens (including phenoxy) is 5. The standard InChI is InChI=1S/C32H40O8Si/c1-19(34)22-16-26(41(7,8)32(2,3)4)30-31(29(22)38-18-20-12-10-9-11-13-20)39-25(17-33)28(40-30)21-14-23(36-5)27(35)24(15-21)37-6/h9-16,25,28,33,35H,17-18H2,1-8H3/t25-,28-/m0/s1. The molecule has 1 aliphatic rings. The number of rotatable bonds is 9. The molecule has 3 aromatic rings. The van der Waals surface area contributed by atoms with Crippen LogP contribution in [0.4, 0.5) is 0 Å². The molecule has 8 nitrogen and oxygen atoms in total. The number of aromatic hydroxyl groups is 1. The fraction of sp³-hybridized carbons (Fsp3) is 0.406. The fourth-order valence-corrected chi connectivity index (χ4v) is 6.81. The van der Waals surface area contributed by atoms with E-state index in [0.717, 1.165) is 10.8 Å². The van der Waals surface area contributed by atoms with E-state index in [1.165, 1.54) is 21.1 Å². The zero-order chi connectivity index (χ0) is 30.1. The Bertz CT molecular complexity index is 1390. The molecule has 0 fully saturated rings. The van der Waals surface area contributed by atoms with Crippen molar-refractivity contribution in [2.45, 2.75) is 64.6 Å². The second-order valence-electron chi connectivity index (χ2n) is 11.8. The van der Waals surface area contributed by atoms with Crippen molar-refractivity contribution < 1.29 is 38.7 Å². The Hall–Kier alpha value is -3.69. The molecule has 0 saturated carbocycles. The van der Waals surface area contributed by atoms with E-state index < -0.39 is 20.3 Å². The monoisotopic (exact) mass is 580 g/mol. The summed E-state index contributed by atoms with van der Waals surface area (Å²) in [7, 11) is 0.579. The van der Waals surface area contributed by atoms with Crippen molar-refractivity contribution in [1.82, 2.24) is 0 Å². The number of carbonyl (C=O) groups is 1. The van der Waals surface area contributed by atoms with Gasteiger partial charge in [-0.25, -0.2) is 0 Å². The summed E-state index contributed by atoms with van der Waals surface area (Å²) >= 11 is 0. The summed E-state index contributed by atoms with van der Waals surface area (Å²) < 4.78 is 30.3. The fourth-order valence-electron chi connectivity index (χ4n) is 4.76. The van der Waals surface area contributed by atoms with E-state index in [2.05, 4.69) is 33.9 Å². The molecule has 0 aliphatic carbocycles. The number of hydrogen-bond acceptors (Lipinski definition) is 8. The Morgan fingerprint density at radius 3 is 2.10 bits per heavy atom. The van der Waals surface area contributed by atoms with Gasteiger partial charge in [0.05, 0.1) is 34.5 Å². The first-order valence-electron chi connectivity index (χ1n) is 13.6. The van der Waals surface area contributed by atoms with Crippen molar-refractivity contribution in [2.75, 3.05) is 20.8 Å². The average Bonchev–Trinajstić information content (AvgIpc) is 2.94. The largest absolute Gasteiger partial charge is 0.502 e. The lowest BCUT2D eigenvalue weighted by molar-refractivity contribution is -0.0141. The second kappa shape index (κ2) is 11.7. The summed E-state index contributed by atoms with van der Waals surface area (Å²) in [6.45, 7) is 12.4. The van der Waals surface area contributed by atoms with Gasteiger partial charge in [-0.2, -0.15) is 0 Å². The molecule has 0 spiro atoms. The number of aliphatic hydroxyl groups excluding tert-OH is 1. The Morgan fingerprint density at radius 1 is 0.976 bits per heavy atom. The molecule has 3 aromatic carbocycles. The van der Waals surface area contributed by atoms with Crippen LogP contribution in [0.5, 0.6) is 34.5 Å². The van der Waals surface area contributed by atoms with Gasteiger partial charge in [0.1, 0.15) is 6.61 Å². The van der Waals surface area contributed by atoms with E-state index in [1.807, 2.05) is 36.4 Å². The first-order valence-corrected chi connectivity index (χ1v) is 16.6. The first kappa shape index (κ1) is 30.3. The number of phenolic OH excluding ortho intramolecular Hbond substituents is 1. The number of benzene rings is 3. The second-order valence-corrected chi connectivity index (χ2v) is 17.1. The summed E-state index contributed by atoms with van der Waals surface area (Å²) in [6.07, 6.45) is -1.63. The lowest BCUT2D eigenvalue weighted by Crippen LogP contribution is -2.51. The zero-order valence-corrected chi connectivity index (χ0v) is 26.0. The predicted molar refractivity (Wildman–Crippen MR) is 160 cm³/mol. The van der Waals surface area contributed by atoms with Crippen molar-refractivity contribution >= 4 is 19.0 Å². The lowest BCUT2D eigenvalue weighted by atomic mass is 10.0. The van der Waals surface area contributed by atoms with E-state index in [4.69, 9.17) is 23.7 Å². The topological polar surface area (TPSA) is 104 Å². The van der Waals surface area contributed by atoms with Gasteiger partial charge in [0.2, 0.25) is 11.5 Å². The van der Waals surface area contributed by atoms with Crippen molar-refractivity contribution in [1.29, 1.82) is 0 Å². The molecular formula is C32H40O8Si. The molecule has 0 aromatic heterocycles. The molecule has 41 heavy (non-hydrogen) atoms. The third-order valence-corrected chi connectivity index (χ3v) is 13.7. The summed E-state index contributed by atoms with van der Waals surface area (Å²) in [5.41, 5.74) is 1.93. The van der Waals surface area contributed by atoms with Crippen molar-refractivity contribution in [2.24, 2.45) is 0 Å². The highest BCUT2D eigenvalue weighted by molar-refractivity contribution is 6.92. The number of methoxy groups -OCH3 is 2. The molecule has 1 heterocycles. The summed E-state index contributed by atoms with van der Waals surface area (Å²) in [5, 5.41) is 21.8. The minimum atomic E-state index is -2.32. The number of phenols is 1. The van der Waals surface area contributed by atoms with Gasteiger partial charge >= 0.3 is 0 Å². The van der Waals surface area contributed by atoms with Gasteiger partial charge in [0, 0.05) is 5.56 Å². The molecule has 2 atom stereocenters. The third-order valence-electron chi connectivity index (χ3n) is 8.21. The minimum Gasteiger partial charge on any atom is -0.502 e. The highest BCUT2D eigenvalue weighted by atomic mass is 28.3. The number of carbonyl (C=O) groups excluding carboxylic acids is 1. The molecule has 0 amide bonds. The Labute approximate surface area is 242 Å². The van der Waals surface area contributed by atoms with Crippen LogP contribution in [-0.2, 0) is 6.61 Å². The molecular weight excluding hydrogens is 540 g/mol. The van der Waals surface area contributed by atoms with Crippen LogP contribution in [-0.4, -0.2) is 51.0 Å². The Kier molecular flexibility index (Phi) is 8.61.